The summed E-state index contributed by atoms with van der Waals surface area (Å²) in [5.74, 6) is -1.79. The number of para-hydroxylation sites is 1. The van der Waals surface area contributed by atoms with Gasteiger partial charge in [0.05, 0.1) is 12.7 Å². The molecule has 3 aromatic rings. The summed E-state index contributed by atoms with van der Waals surface area (Å²) in [5.41, 5.74) is 0.206. The van der Waals surface area contributed by atoms with Crippen molar-refractivity contribution in [2.75, 3.05) is 12.4 Å². The summed E-state index contributed by atoms with van der Waals surface area (Å²) in [4.78, 5) is 36.2. The Labute approximate surface area is 159 Å². The number of amides is 1. The zero-order chi connectivity index (χ0) is 20.3. The molecule has 0 bridgehead atoms. The highest BCUT2D eigenvalue weighted by Crippen LogP contribution is 2.14. The van der Waals surface area contributed by atoms with Gasteiger partial charge < -0.3 is 10.1 Å². The lowest BCUT2D eigenvalue weighted by molar-refractivity contribution is 0.0600. The van der Waals surface area contributed by atoms with E-state index in [9.17, 15) is 18.8 Å². The zero-order valence-electron chi connectivity index (χ0n) is 15.1. The van der Waals surface area contributed by atoms with Gasteiger partial charge in [-0.15, -0.1) is 0 Å². The highest BCUT2D eigenvalue weighted by atomic mass is 19.1. The van der Waals surface area contributed by atoms with Gasteiger partial charge >= 0.3 is 5.97 Å². The summed E-state index contributed by atoms with van der Waals surface area (Å²) in [7, 11) is 1.27. The van der Waals surface area contributed by atoms with E-state index in [0.717, 1.165) is 0 Å². The molecule has 28 heavy (non-hydrogen) atoms. The van der Waals surface area contributed by atoms with Gasteiger partial charge in [-0.2, -0.15) is 5.10 Å². The largest absolute Gasteiger partial charge is 0.465 e. The fourth-order valence-electron chi connectivity index (χ4n) is 2.57. The van der Waals surface area contributed by atoms with E-state index < -0.39 is 23.1 Å². The van der Waals surface area contributed by atoms with Crippen LogP contribution >= 0.6 is 0 Å². The van der Waals surface area contributed by atoms with Gasteiger partial charge in [0.15, 0.2) is 5.69 Å². The first-order valence-electron chi connectivity index (χ1n) is 8.26. The van der Waals surface area contributed by atoms with Crippen LogP contribution in [0.4, 0.5) is 10.1 Å². The van der Waals surface area contributed by atoms with Gasteiger partial charge in [0.1, 0.15) is 11.5 Å². The molecule has 0 aliphatic heterocycles. The van der Waals surface area contributed by atoms with E-state index in [1.54, 1.807) is 13.0 Å². The molecule has 2 aromatic carbocycles. The molecule has 0 aliphatic rings. The number of aromatic nitrogens is 2. The Morgan fingerprint density at radius 1 is 1.11 bits per heavy atom. The van der Waals surface area contributed by atoms with Crippen molar-refractivity contribution >= 4 is 17.6 Å². The van der Waals surface area contributed by atoms with Crippen LogP contribution in [0.2, 0.25) is 0 Å². The van der Waals surface area contributed by atoms with Crippen LogP contribution in [-0.4, -0.2) is 28.8 Å². The molecular weight excluding hydrogens is 365 g/mol. The molecule has 0 aliphatic carbocycles. The smallest absolute Gasteiger partial charge is 0.337 e. The SMILES string of the molecule is COC(=O)c1ccc(NC(=O)c2nn(-c3ccccc3F)c(C)cc2=O)cc1. The van der Waals surface area contributed by atoms with E-state index in [2.05, 4.69) is 15.2 Å². The van der Waals surface area contributed by atoms with E-state index in [1.165, 1.54) is 60.3 Å². The van der Waals surface area contributed by atoms with Crippen LogP contribution in [0, 0.1) is 12.7 Å². The minimum Gasteiger partial charge on any atom is -0.465 e. The third-order valence-corrected chi connectivity index (χ3v) is 3.97. The van der Waals surface area contributed by atoms with Crippen LogP contribution < -0.4 is 10.7 Å². The van der Waals surface area contributed by atoms with Crippen LogP contribution in [0.25, 0.3) is 5.69 Å². The average Bonchev–Trinajstić information content (AvgIpc) is 2.68. The Kier molecular flexibility index (Phi) is 5.30. The van der Waals surface area contributed by atoms with Crippen molar-refractivity contribution in [2.45, 2.75) is 6.92 Å². The molecule has 0 spiro atoms. The number of ether oxygens (including phenoxy) is 1. The molecular formula is C20H16FN3O4. The number of benzene rings is 2. The lowest BCUT2D eigenvalue weighted by atomic mass is 10.2. The van der Waals surface area contributed by atoms with E-state index in [0.29, 0.717) is 16.9 Å². The first kappa shape index (κ1) is 19.0. The predicted octanol–water partition coefficient (Wildman–Crippen LogP) is 2.72. The van der Waals surface area contributed by atoms with Crippen molar-refractivity contribution in [1.82, 2.24) is 9.78 Å². The third kappa shape index (κ3) is 3.80. The van der Waals surface area contributed by atoms with Crippen molar-refractivity contribution in [1.29, 1.82) is 0 Å². The Morgan fingerprint density at radius 3 is 2.43 bits per heavy atom. The zero-order valence-corrected chi connectivity index (χ0v) is 15.1. The van der Waals surface area contributed by atoms with Gasteiger partial charge in [0.2, 0.25) is 5.43 Å². The summed E-state index contributed by atoms with van der Waals surface area (Å²) < 4.78 is 19.9. The molecule has 0 atom stereocenters. The highest BCUT2D eigenvalue weighted by Gasteiger charge is 2.17. The molecule has 142 valence electrons. The number of esters is 1. The summed E-state index contributed by atoms with van der Waals surface area (Å²) in [5, 5.41) is 6.57. The lowest BCUT2D eigenvalue weighted by Crippen LogP contribution is -2.27. The summed E-state index contributed by atoms with van der Waals surface area (Å²) in [6.45, 7) is 1.59. The number of anilines is 1. The van der Waals surface area contributed by atoms with Gasteiger partial charge in [-0.25, -0.2) is 13.9 Å². The fourth-order valence-corrected chi connectivity index (χ4v) is 2.57. The van der Waals surface area contributed by atoms with Crippen molar-refractivity contribution in [3.05, 3.63) is 87.6 Å². The van der Waals surface area contributed by atoms with E-state index >= 15 is 0 Å². The normalized spacial score (nSPS) is 10.4. The number of rotatable bonds is 4. The number of carbonyl (C=O) groups excluding carboxylic acids is 2. The van der Waals surface area contributed by atoms with Crippen molar-refractivity contribution < 1.29 is 18.7 Å². The minimum absolute atomic E-state index is 0.122. The van der Waals surface area contributed by atoms with E-state index in [1.807, 2.05) is 0 Å². The monoisotopic (exact) mass is 381 g/mol. The van der Waals surface area contributed by atoms with Crippen LogP contribution in [0.1, 0.15) is 26.5 Å². The topological polar surface area (TPSA) is 90.3 Å². The summed E-state index contributed by atoms with van der Waals surface area (Å²) in [6, 6.07) is 13.1. The van der Waals surface area contributed by atoms with Gasteiger partial charge in [0.25, 0.3) is 5.91 Å². The number of halogens is 1. The molecule has 0 saturated carbocycles. The van der Waals surface area contributed by atoms with Crippen LogP contribution in [0.5, 0.6) is 0 Å². The first-order valence-corrected chi connectivity index (χ1v) is 8.26. The number of hydrogen-bond donors (Lipinski definition) is 1. The molecule has 1 aromatic heterocycles. The fraction of sp³-hybridized carbons (Fsp3) is 0.100. The van der Waals surface area contributed by atoms with Crippen molar-refractivity contribution in [3.63, 3.8) is 0 Å². The molecule has 0 unspecified atom stereocenters. The van der Waals surface area contributed by atoms with Gasteiger partial charge in [-0.1, -0.05) is 12.1 Å². The van der Waals surface area contributed by atoms with Crippen LogP contribution in [0.3, 0.4) is 0 Å². The number of nitrogens with one attached hydrogen (secondary N) is 1. The predicted molar refractivity (Wildman–Crippen MR) is 100 cm³/mol. The molecule has 1 amide bonds. The first-order chi connectivity index (χ1) is 13.4. The van der Waals surface area contributed by atoms with Gasteiger partial charge in [-0.3, -0.25) is 9.59 Å². The molecule has 8 heteroatoms. The number of nitrogens with zero attached hydrogens (tertiary/aromatic N) is 2. The molecule has 1 N–H and O–H groups in total. The second kappa shape index (κ2) is 7.83. The maximum Gasteiger partial charge on any atom is 0.337 e. The maximum atomic E-state index is 14.1. The minimum atomic E-state index is -0.749. The number of carbonyl (C=O) groups is 2. The van der Waals surface area contributed by atoms with E-state index in [-0.39, 0.29) is 11.4 Å². The van der Waals surface area contributed by atoms with Crippen molar-refractivity contribution in [3.8, 4) is 5.69 Å². The van der Waals surface area contributed by atoms with E-state index in [4.69, 9.17) is 0 Å². The number of methoxy groups -OCH3 is 1. The Morgan fingerprint density at radius 2 is 1.79 bits per heavy atom. The lowest BCUT2D eigenvalue weighted by Gasteiger charge is -2.12. The maximum absolute atomic E-state index is 14.1. The molecule has 3 rings (SSSR count). The molecule has 0 fully saturated rings. The molecule has 1 heterocycles. The Balaban J connectivity index is 1.92. The third-order valence-electron chi connectivity index (χ3n) is 3.97. The molecule has 0 radical (unpaired) electrons. The number of hydrogen-bond acceptors (Lipinski definition) is 5. The summed E-state index contributed by atoms with van der Waals surface area (Å²) >= 11 is 0. The highest BCUT2D eigenvalue weighted by molar-refractivity contribution is 6.03. The second-order valence-corrected chi connectivity index (χ2v) is 5.88. The Bertz CT molecular complexity index is 1110. The van der Waals surface area contributed by atoms with Gasteiger partial charge in [0, 0.05) is 17.4 Å². The average molecular weight is 381 g/mol. The second-order valence-electron chi connectivity index (χ2n) is 5.88. The summed E-state index contributed by atoms with van der Waals surface area (Å²) in [6.07, 6.45) is 0. The number of aryl methyl sites for hydroxylation is 1. The van der Waals surface area contributed by atoms with Crippen LogP contribution in [-0.2, 0) is 4.74 Å². The molecule has 0 saturated heterocycles. The van der Waals surface area contributed by atoms with Gasteiger partial charge in [-0.05, 0) is 43.3 Å². The Hall–Kier alpha value is -3.81. The van der Waals surface area contributed by atoms with Crippen molar-refractivity contribution in [2.24, 2.45) is 0 Å². The van der Waals surface area contributed by atoms with Crippen LogP contribution in [0.15, 0.2) is 59.4 Å². The standard InChI is InChI=1S/C20H16FN3O4/c1-12-11-17(25)18(23-24(12)16-6-4-3-5-15(16)21)19(26)22-14-9-7-13(8-10-14)20(27)28-2/h3-11H,1-2H3,(H,22,26). The molecule has 7 nitrogen and oxygen atoms in total. The quantitative estimate of drug-likeness (QED) is 0.702.